The van der Waals surface area contributed by atoms with Crippen molar-refractivity contribution in [1.82, 2.24) is 9.80 Å². The summed E-state index contributed by atoms with van der Waals surface area (Å²) in [4.78, 5) is 27.9. The number of rotatable bonds is 4. The first-order valence-electron chi connectivity index (χ1n) is 7.32. The summed E-state index contributed by atoms with van der Waals surface area (Å²) >= 11 is 0. The summed E-state index contributed by atoms with van der Waals surface area (Å²) in [5.41, 5.74) is -0.838. The van der Waals surface area contributed by atoms with Crippen LogP contribution in [0.4, 0.5) is 0 Å². The first-order chi connectivity index (χ1) is 9.03. The highest BCUT2D eigenvalue weighted by molar-refractivity contribution is 5.85. The summed E-state index contributed by atoms with van der Waals surface area (Å²) in [6.45, 7) is 6.12. The van der Waals surface area contributed by atoms with E-state index in [4.69, 9.17) is 0 Å². The summed E-state index contributed by atoms with van der Waals surface area (Å²) in [6.07, 6.45) is 4.20. The van der Waals surface area contributed by atoms with E-state index in [1.54, 1.807) is 0 Å². The highest BCUT2D eigenvalue weighted by Gasteiger charge is 2.49. The summed E-state index contributed by atoms with van der Waals surface area (Å²) in [5.74, 6) is -0.688. The molecule has 2 aliphatic heterocycles. The molecule has 0 aromatic rings. The third-order valence-electron chi connectivity index (χ3n) is 4.76. The SMILES string of the molecule is CCC1(C(=O)O)CCCN1C(C)C(=O)N1CCCC1. The lowest BCUT2D eigenvalue weighted by atomic mass is 9.92. The molecule has 2 rings (SSSR count). The second kappa shape index (κ2) is 5.49. The van der Waals surface area contributed by atoms with Crippen LogP contribution in [0.25, 0.3) is 0 Å². The summed E-state index contributed by atoms with van der Waals surface area (Å²) in [6, 6.07) is -0.323. The highest BCUT2D eigenvalue weighted by atomic mass is 16.4. The van der Waals surface area contributed by atoms with Crippen LogP contribution in [0.15, 0.2) is 0 Å². The number of aliphatic carboxylic acids is 1. The Labute approximate surface area is 114 Å². The number of hydrogen-bond acceptors (Lipinski definition) is 3. The minimum absolute atomic E-state index is 0.0958. The fourth-order valence-electron chi connectivity index (χ4n) is 3.56. The maximum Gasteiger partial charge on any atom is 0.324 e. The normalized spacial score (nSPS) is 29.7. The number of carbonyl (C=O) groups excluding carboxylic acids is 1. The van der Waals surface area contributed by atoms with Gasteiger partial charge in [-0.2, -0.15) is 0 Å². The van der Waals surface area contributed by atoms with E-state index in [0.717, 1.165) is 32.4 Å². The van der Waals surface area contributed by atoms with Gasteiger partial charge in [-0.1, -0.05) is 6.92 Å². The van der Waals surface area contributed by atoms with Crippen LogP contribution in [0.1, 0.15) is 46.0 Å². The number of carboxylic acid groups (broad SMARTS) is 1. The van der Waals surface area contributed by atoms with Gasteiger partial charge in [-0.05, 0) is 39.0 Å². The van der Waals surface area contributed by atoms with Crippen molar-refractivity contribution in [1.29, 1.82) is 0 Å². The largest absolute Gasteiger partial charge is 0.480 e. The van der Waals surface area contributed by atoms with E-state index in [0.29, 0.717) is 19.4 Å². The molecule has 2 saturated heterocycles. The molecular weight excluding hydrogens is 244 g/mol. The molecule has 0 bridgehead atoms. The van der Waals surface area contributed by atoms with Crippen LogP contribution in [-0.4, -0.2) is 58.0 Å². The molecule has 0 radical (unpaired) electrons. The van der Waals surface area contributed by atoms with Gasteiger partial charge in [-0.25, -0.2) is 0 Å². The molecule has 5 nitrogen and oxygen atoms in total. The van der Waals surface area contributed by atoms with E-state index in [2.05, 4.69) is 0 Å². The minimum atomic E-state index is -0.838. The average molecular weight is 268 g/mol. The predicted molar refractivity (Wildman–Crippen MR) is 71.9 cm³/mol. The van der Waals surface area contributed by atoms with E-state index in [1.807, 2.05) is 23.6 Å². The topological polar surface area (TPSA) is 60.9 Å². The highest BCUT2D eigenvalue weighted by Crippen LogP contribution is 2.35. The molecule has 1 amide bonds. The molecule has 0 aromatic heterocycles. The molecule has 0 saturated carbocycles. The van der Waals surface area contributed by atoms with Crippen molar-refractivity contribution in [2.45, 2.75) is 57.5 Å². The second-order valence-corrected chi connectivity index (χ2v) is 5.70. The number of nitrogens with zero attached hydrogens (tertiary/aromatic N) is 2. The van der Waals surface area contributed by atoms with Crippen molar-refractivity contribution in [3.63, 3.8) is 0 Å². The number of carboxylic acids is 1. The van der Waals surface area contributed by atoms with E-state index < -0.39 is 11.5 Å². The van der Waals surface area contributed by atoms with Gasteiger partial charge < -0.3 is 10.0 Å². The standard InChI is InChI=1S/C14H24N2O3/c1-3-14(13(18)19)7-6-10-16(14)11(2)12(17)15-8-4-5-9-15/h11H,3-10H2,1-2H3,(H,18,19). The van der Waals surface area contributed by atoms with E-state index >= 15 is 0 Å². The lowest BCUT2D eigenvalue weighted by Crippen LogP contribution is -2.57. The first-order valence-corrected chi connectivity index (χ1v) is 7.32. The Hall–Kier alpha value is -1.10. The van der Waals surface area contributed by atoms with Gasteiger partial charge in [0.15, 0.2) is 0 Å². The summed E-state index contributed by atoms with van der Waals surface area (Å²) in [7, 11) is 0. The van der Waals surface area contributed by atoms with Crippen LogP contribution in [0.5, 0.6) is 0 Å². The van der Waals surface area contributed by atoms with Crippen LogP contribution >= 0.6 is 0 Å². The molecule has 5 heteroatoms. The molecule has 108 valence electrons. The molecule has 2 heterocycles. The van der Waals surface area contributed by atoms with Crippen LogP contribution in [0.3, 0.4) is 0 Å². The zero-order valence-corrected chi connectivity index (χ0v) is 11.9. The number of likely N-dealkylation sites (tertiary alicyclic amines) is 2. The Morgan fingerprint density at radius 3 is 2.37 bits per heavy atom. The third kappa shape index (κ3) is 2.36. The minimum Gasteiger partial charge on any atom is -0.480 e. The molecule has 2 unspecified atom stereocenters. The summed E-state index contributed by atoms with van der Waals surface area (Å²) in [5, 5.41) is 9.56. The van der Waals surface area contributed by atoms with Crippen LogP contribution < -0.4 is 0 Å². The molecule has 2 atom stereocenters. The number of carbonyl (C=O) groups is 2. The molecule has 0 aliphatic carbocycles. The average Bonchev–Trinajstić information content (AvgIpc) is 3.06. The first kappa shape index (κ1) is 14.3. The van der Waals surface area contributed by atoms with E-state index in [-0.39, 0.29) is 11.9 Å². The Bertz CT molecular complexity index is 366. The lowest BCUT2D eigenvalue weighted by Gasteiger charge is -2.38. The van der Waals surface area contributed by atoms with Gasteiger partial charge in [0.05, 0.1) is 6.04 Å². The van der Waals surface area contributed by atoms with Crippen molar-refractivity contribution in [3.05, 3.63) is 0 Å². The van der Waals surface area contributed by atoms with Crippen molar-refractivity contribution in [3.8, 4) is 0 Å². The Kier molecular flexibility index (Phi) is 4.13. The number of hydrogen-bond donors (Lipinski definition) is 1. The van der Waals surface area contributed by atoms with Gasteiger partial charge in [0.25, 0.3) is 0 Å². The zero-order chi connectivity index (χ0) is 14.0. The van der Waals surface area contributed by atoms with Gasteiger partial charge in [0, 0.05) is 19.6 Å². The Morgan fingerprint density at radius 2 is 1.84 bits per heavy atom. The quantitative estimate of drug-likeness (QED) is 0.835. The molecular formula is C14H24N2O3. The van der Waals surface area contributed by atoms with Crippen molar-refractivity contribution in [2.75, 3.05) is 19.6 Å². The molecule has 19 heavy (non-hydrogen) atoms. The number of amides is 1. The zero-order valence-electron chi connectivity index (χ0n) is 11.9. The Morgan fingerprint density at radius 1 is 1.21 bits per heavy atom. The molecule has 2 aliphatic rings. The lowest BCUT2D eigenvalue weighted by molar-refractivity contribution is -0.154. The Balaban J connectivity index is 2.14. The molecule has 0 spiro atoms. The maximum absolute atomic E-state index is 12.4. The van der Waals surface area contributed by atoms with Gasteiger partial charge in [-0.3, -0.25) is 14.5 Å². The third-order valence-corrected chi connectivity index (χ3v) is 4.76. The van der Waals surface area contributed by atoms with Crippen molar-refractivity contribution >= 4 is 11.9 Å². The second-order valence-electron chi connectivity index (χ2n) is 5.70. The van der Waals surface area contributed by atoms with E-state index in [9.17, 15) is 14.7 Å². The smallest absolute Gasteiger partial charge is 0.324 e. The molecule has 0 aromatic carbocycles. The molecule has 1 N–H and O–H groups in total. The van der Waals surface area contributed by atoms with Crippen molar-refractivity contribution in [2.24, 2.45) is 0 Å². The van der Waals surface area contributed by atoms with Crippen LogP contribution in [0, 0.1) is 0 Å². The fourth-order valence-corrected chi connectivity index (χ4v) is 3.56. The van der Waals surface area contributed by atoms with E-state index in [1.165, 1.54) is 0 Å². The monoisotopic (exact) mass is 268 g/mol. The van der Waals surface area contributed by atoms with Gasteiger partial charge in [0.1, 0.15) is 5.54 Å². The van der Waals surface area contributed by atoms with Gasteiger partial charge in [0.2, 0.25) is 5.91 Å². The van der Waals surface area contributed by atoms with Crippen LogP contribution in [-0.2, 0) is 9.59 Å². The van der Waals surface area contributed by atoms with Gasteiger partial charge in [-0.15, -0.1) is 0 Å². The maximum atomic E-state index is 12.4. The van der Waals surface area contributed by atoms with Crippen molar-refractivity contribution < 1.29 is 14.7 Å². The molecule has 2 fully saturated rings. The summed E-state index contributed by atoms with van der Waals surface area (Å²) < 4.78 is 0. The van der Waals surface area contributed by atoms with Gasteiger partial charge >= 0.3 is 5.97 Å². The fraction of sp³-hybridized carbons (Fsp3) is 0.857. The van der Waals surface area contributed by atoms with Crippen LogP contribution in [0.2, 0.25) is 0 Å². The predicted octanol–water partition coefficient (Wildman–Crippen LogP) is 1.33.